The maximum absolute atomic E-state index is 12.2. The van der Waals surface area contributed by atoms with Gasteiger partial charge in [0.15, 0.2) is 0 Å². The Morgan fingerprint density at radius 1 is 1.12 bits per heavy atom. The number of hydrogen-bond donors (Lipinski definition) is 0. The Balaban J connectivity index is 3.00. The van der Waals surface area contributed by atoms with Crippen molar-refractivity contribution in [1.29, 1.82) is 0 Å². The van der Waals surface area contributed by atoms with E-state index in [1.54, 1.807) is 0 Å². The van der Waals surface area contributed by atoms with Gasteiger partial charge in [0.05, 0.1) is 10.8 Å². The molecule has 0 radical (unpaired) electrons. The Bertz CT molecular complexity index is 448. The highest BCUT2D eigenvalue weighted by atomic mass is 32.2. The van der Waals surface area contributed by atoms with Crippen molar-refractivity contribution >= 4 is 10.8 Å². The van der Waals surface area contributed by atoms with E-state index in [-0.39, 0.29) is 0 Å². The minimum Gasteiger partial charge on any atom is -0.249 e. The SMILES string of the molecule is C=C(C(C)=C(C)C)S(=O)c1ccc(C)cc1. The zero-order chi connectivity index (χ0) is 12.3. The fourth-order valence-electron chi connectivity index (χ4n) is 1.22. The summed E-state index contributed by atoms with van der Waals surface area (Å²) in [6.45, 7) is 11.9. The summed E-state index contributed by atoms with van der Waals surface area (Å²) in [6, 6.07) is 7.74. The molecule has 1 unspecified atom stereocenters. The van der Waals surface area contributed by atoms with Crippen molar-refractivity contribution in [2.24, 2.45) is 0 Å². The van der Waals surface area contributed by atoms with Crippen LogP contribution in [0.2, 0.25) is 0 Å². The Labute approximate surface area is 100 Å². The van der Waals surface area contributed by atoms with Gasteiger partial charge in [0, 0.05) is 9.80 Å². The number of benzene rings is 1. The maximum atomic E-state index is 12.2. The summed E-state index contributed by atoms with van der Waals surface area (Å²) in [6.07, 6.45) is 0. The normalized spacial score (nSPS) is 12.0. The van der Waals surface area contributed by atoms with E-state index >= 15 is 0 Å². The van der Waals surface area contributed by atoms with Gasteiger partial charge in [-0.05, 0) is 45.4 Å². The molecular weight excluding hydrogens is 216 g/mol. The second-order valence-electron chi connectivity index (χ2n) is 4.13. The summed E-state index contributed by atoms with van der Waals surface area (Å²) in [5.74, 6) is 0. The fourth-order valence-corrected chi connectivity index (χ4v) is 2.37. The predicted molar refractivity (Wildman–Crippen MR) is 70.8 cm³/mol. The Morgan fingerprint density at radius 2 is 1.62 bits per heavy atom. The molecule has 0 spiro atoms. The molecular formula is C14H18OS. The van der Waals surface area contributed by atoms with Gasteiger partial charge in [0.1, 0.15) is 0 Å². The maximum Gasteiger partial charge on any atom is 0.0846 e. The first kappa shape index (κ1) is 12.9. The third-order valence-electron chi connectivity index (χ3n) is 2.63. The molecule has 0 aliphatic carbocycles. The van der Waals surface area contributed by atoms with Crippen LogP contribution in [-0.4, -0.2) is 4.21 Å². The van der Waals surface area contributed by atoms with E-state index in [4.69, 9.17) is 0 Å². The van der Waals surface area contributed by atoms with Gasteiger partial charge < -0.3 is 0 Å². The largest absolute Gasteiger partial charge is 0.249 e. The molecule has 16 heavy (non-hydrogen) atoms. The molecule has 86 valence electrons. The summed E-state index contributed by atoms with van der Waals surface area (Å²) in [7, 11) is -1.14. The average Bonchev–Trinajstić information content (AvgIpc) is 2.27. The van der Waals surface area contributed by atoms with E-state index in [0.717, 1.165) is 16.0 Å². The van der Waals surface area contributed by atoms with Crippen molar-refractivity contribution in [3.63, 3.8) is 0 Å². The first-order valence-corrected chi connectivity index (χ1v) is 6.40. The van der Waals surface area contributed by atoms with E-state index in [1.807, 2.05) is 52.0 Å². The lowest BCUT2D eigenvalue weighted by Crippen LogP contribution is -1.97. The quantitative estimate of drug-likeness (QED) is 0.723. The molecule has 0 amide bonds. The molecule has 0 saturated heterocycles. The molecule has 0 fully saturated rings. The van der Waals surface area contributed by atoms with Crippen LogP contribution >= 0.6 is 0 Å². The minimum atomic E-state index is -1.14. The second kappa shape index (κ2) is 5.26. The summed E-state index contributed by atoms with van der Waals surface area (Å²) >= 11 is 0. The fraction of sp³-hybridized carbons (Fsp3) is 0.286. The molecule has 0 aromatic heterocycles. The van der Waals surface area contributed by atoms with Gasteiger partial charge in [0.25, 0.3) is 0 Å². The van der Waals surface area contributed by atoms with E-state index in [0.29, 0.717) is 4.91 Å². The summed E-state index contributed by atoms with van der Waals surface area (Å²) in [5.41, 5.74) is 3.36. The lowest BCUT2D eigenvalue weighted by Gasteiger charge is -2.08. The Hall–Kier alpha value is -1.15. The molecule has 1 aromatic rings. The molecule has 0 N–H and O–H groups in total. The smallest absolute Gasteiger partial charge is 0.0846 e. The van der Waals surface area contributed by atoms with Crippen LogP contribution in [0.25, 0.3) is 0 Å². The first-order valence-electron chi connectivity index (χ1n) is 5.25. The minimum absolute atomic E-state index is 0.698. The van der Waals surface area contributed by atoms with Crippen LogP contribution in [0.4, 0.5) is 0 Å². The Morgan fingerprint density at radius 3 is 2.06 bits per heavy atom. The molecule has 0 heterocycles. The highest BCUT2D eigenvalue weighted by molar-refractivity contribution is 7.89. The molecule has 1 rings (SSSR count). The van der Waals surface area contributed by atoms with Crippen molar-refractivity contribution in [2.45, 2.75) is 32.6 Å². The monoisotopic (exact) mass is 234 g/mol. The predicted octanol–water partition coefficient (Wildman–Crippen LogP) is 3.97. The van der Waals surface area contributed by atoms with Crippen LogP contribution in [0.3, 0.4) is 0 Å². The third-order valence-corrected chi connectivity index (χ3v) is 4.08. The topological polar surface area (TPSA) is 17.1 Å². The van der Waals surface area contributed by atoms with Gasteiger partial charge in [-0.2, -0.15) is 0 Å². The third kappa shape index (κ3) is 2.92. The zero-order valence-corrected chi connectivity index (χ0v) is 11.1. The number of hydrogen-bond acceptors (Lipinski definition) is 1. The lowest BCUT2D eigenvalue weighted by atomic mass is 10.2. The molecule has 0 aliphatic heterocycles. The molecule has 1 aromatic carbocycles. The van der Waals surface area contributed by atoms with Gasteiger partial charge in [-0.25, -0.2) is 4.21 Å². The van der Waals surface area contributed by atoms with Gasteiger partial charge in [0.2, 0.25) is 0 Å². The standard InChI is InChI=1S/C14H18OS/c1-10(2)12(4)13(5)16(15)14-8-6-11(3)7-9-14/h6-9H,5H2,1-4H3. The molecule has 1 atom stereocenters. The first-order chi connectivity index (χ1) is 7.43. The van der Waals surface area contributed by atoms with Crippen LogP contribution in [-0.2, 0) is 10.8 Å². The van der Waals surface area contributed by atoms with Crippen molar-refractivity contribution in [2.75, 3.05) is 0 Å². The summed E-state index contributed by atoms with van der Waals surface area (Å²) < 4.78 is 12.2. The molecule has 0 saturated carbocycles. The van der Waals surface area contributed by atoms with Gasteiger partial charge in [-0.3, -0.25) is 0 Å². The Kier molecular flexibility index (Phi) is 4.25. The van der Waals surface area contributed by atoms with Crippen LogP contribution < -0.4 is 0 Å². The number of rotatable bonds is 3. The zero-order valence-electron chi connectivity index (χ0n) is 10.3. The van der Waals surface area contributed by atoms with Crippen LogP contribution in [0, 0.1) is 6.92 Å². The molecule has 1 nitrogen and oxygen atoms in total. The molecule has 0 aliphatic rings. The van der Waals surface area contributed by atoms with Crippen molar-refractivity contribution in [3.8, 4) is 0 Å². The summed E-state index contributed by atoms with van der Waals surface area (Å²) in [4.78, 5) is 1.51. The summed E-state index contributed by atoms with van der Waals surface area (Å²) in [5, 5.41) is 0. The van der Waals surface area contributed by atoms with E-state index in [9.17, 15) is 4.21 Å². The van der Waals surface area contributed by atoms with E-state index in [1.165, 1.54) is 5.56 Å². The van der Waals surface area contributed by atoms with Crippen molar-refractivity contribution in [1.82, 2.24) is 0 Å². The van der Waals surface area contributed by atoms with Gasteiger partial charge in [-0.15, -0.1) is 0 Å². The lowest BCUT2D eigenvalue weighted by molar-refractivity contribution is 0.687. The molecule has 0 bridgehead atoms. The number of allylic oxidation sites excluding steroid dienone is 2. The number of aryl methyl sites for hydroxylation is 1. The van der Waals surface area contributed by atoms with Crippen LogP contribution in [0.15, 0.2) is 51.8 Å². The van der Waals surface area contributed by atoms with E-state index < -0.39 is 10.8 Å². The van der Waals surface area contributed by atoms with Crippen LogP contribution in [0.1, 0.15) is 26.3 Å². The average molecular weight is 234 g/mol. The highest BCUT2D eigenvalue weighted by Crippen LogP contribution is 2.21. The van der Waals surface area contributed by atoms with E-state index in [2.05, 4.69) is 6.58 Å². The van der Waals surface area contributed by atoms with Crippen molar-refractivity contribution in [3.05, 3.63) is 52.5 Å². The molecule has 2 heteroatoms. The highest BCUT2D eigenvalue weighted by Gasteiger charge is 2.10. The van der Waals surface area contributed by atoms with Gasteiger partial charge in [-0.1, -0.05) is 29.8 Å². The van der Waals surface area contributed by atoms with Gasteiger partial charge >= 0.3 is 0 Å². The van der Waals surface area contributed by atoms with Crippen molar-refractivity contribution < 1.29 is 4.21 Å². The second-order valence-corrected chi connectivity index (χ2v) is 5.63. The van der Waals surface area contributed by atoms with Crippen LogP contribution in [0.5, 0.6) is 0 Å².